The third kappa shape index (κ3) is 1.69. The Kier molecular flexibility index (Phi) is 2.03. The Morgan fingerprint density at radius 3 is 2.25 bits per heavy atom. The van der Waals surface area contributed by atoms with Gasteiger partial charge < -0.3 is 5.11 Å². The largest absolute Gasteiger partial charge is 0.480 e. The van der Waals surface area contributed by atoms with Crippen LogP contribution in [0.4, 0.5) is 13.2 Å². The number of hydrogen-bond donors (Lipinski definition) is 2. The summed E-state index contributed by atoms with van der Waals surface area (Å²) in [5, 5.41) is 10.1. The number of nitrogens with one attached hydrogen (secondary N) is 1. The van der Waals surface area contributed by atoms with E-state index in [0.717, 1.165) is 0 Å². The highest BCUT2D eigenvalue weighted by molar-refractivity contribution is 5.69. The van der Waals surface area contributed by atoms with Gasteiger partial charge in [0.05, 0.1) is 6.54 Å². The Balaban J connectivity index is 2.46. The van der Waals surface area contributed by atoms with Gasteiger partial charge in [-0.15, -0.1) is 0 Å². The van der Waals surface area contributed by atoms with E-state index in [9.17, 15) is 18.0 Å². The highest BCUT2D eigenvalue weighted by Gasteiger charge is 2.63. The van der Waals surface area contributed by atoms with Crippen molar-refractivity contribution in [3.8, 4) is 0 Å². The van der Waals surface area contributed by atoms with Gasteiger partial charge in [-0.25, -0.2) is 0 Å². The van der Waals surface area contributed by atoms with Crippen molar-refractivity contribution in [3.05, 3.63) is 0 Å². The molecule has 0 spiro atoms. The molecule has 6 heteroatoms. The normalized spacial score (nSPS) is 20.6. The molecule has 1 saturated carbocycles. The molecule has 0 radical (unpaired) electrons. The molecule has 0 aromatic heterocycles. The Bertz CT molecular complexity index is 197. The average molecular weight is 183 g/mol. The van der Waals surface area contributed by atoms with E-state index in [1.54, 1.807) is 0 Å². The molecule has 12 heavy (non-hydrogen) atoms. The Morgan fingerprint density at radius 1 is 1.50 bits per heavy atom. The first-order chi connectivity index (χ1) is 5.37. The van der Waals surface area contributed by atoms with Gasteiger partial charge in [0.1, 0.15) is 5.54 Å². The lowest BCUT2D eigenvalue weighted by atomic mass is 10.2. The van der Waals surface area contributed by atoms with Gasteiger partial charge in [0, 0.05) is 0 Å². The summed E-state index contributed by atoms with van der Waals surface area (Å²) in [7, 11) is 0. The number of carboxylic acids is 1. The smallest absolute Gasteiger partial charge is 0.406 e. The van der Waals surface area contributed by atoms with Crippen LogP contribution in [0.5, 0.6) is 0 Å². The van der Waals surface area contributed by atoms with E-state index in [0.29, 0.717) is 0 Å². The Morgan fingerprint density at radius 2 is 2.00 bits per heavy atom. The molecule has 0 bridgehead atoms. The van der Waals surface area contributed by atoms with E-state index in [-0.39, 0.29) is 12.8 Å². The first kappa shape index (κ1) is 9.31. The summed E-state index contributed by atoms with van der Waals surface area (Å²) in [4.78, 5) is 9.97. The van der Waals surface area contributed by atoms with E-state index in [2.05, 4.69) is 0 Å². The summed E-state index contributed by atoms with van der Waals surface area (Å²) in [6.45, 7) is -0.639. The van der Waals surface area contributed by atoms with Crippen LogP contribution in [0, 0.1) is 0 Å². The Hall–Kier alpha value is -0.780. The van der Waals surface area contributed by atoms with Gasteiger partial charge in [0.15, 0.2) is 0 Å². The molecule has 0 aliphatic heterocycles. The van der Waals surface area contributed by atoms with Gasteiger partial charge in [-0.3, -0.25) is 10.1 Å². The lowest BCUT2D eigenvalue weighted by Gasteiger charge is -2.19. The number of carbonyl (C=O) groups is 1. The molecule has 0 saturated heterocycles. The van der Waals surface area contributed by atoms with E-state index in [1.807, 2.05) is 5.32 Å². The van der Waals surface area contributed by atoms with Crippen molar-refractivity contribution in [2.24, 2.45) is 0 Å². The van der Waals surface area contributed by atoms with E-state index < -0.39 is 24.2 Å². The molecule has 0 heterocycles. The lowest BCUT2D eigenvalue weighted by Crippen LogP contribution is -2.46. The molecule has 2 N–H and O–H groups in total. The summed E-state index contributed by atoms with van der Waals surface area (Å²) in [5.74, 6) is -1.27. The van der Waals surface area contributed by atoms with E-state index in [1.165, 1.54) is 0 Å². The van der Waals surface area contributed by atoms with Crippen LogP contribution in [0.1, 0.15) is 12.8 Å². The summed E-state index contributed by atoms with van der Waals surface area (Å²) in [6, 6.07) is 0. The van der Waals surface area contributed by atoms with Crippen LogP contribution in [0.2, 0.25) is 0 Å². The van der Waals surface area contributed by atoms with E-state index >= 15 is 0 Å². The quantitative estimate of drug-likeness (QED) is 0.678. The number of rotatable bonds is 3. The molecular weight excluding hydrogens is 175 g/mol. The summed E-state index contributed by atoms with van der Waals surface area (Å²) >= 11 is 0. The maximum absolute atomic E-state index is 12.1. The molecule has 0 aromatic carbocycles. The fourth-order valence-electron chi connectivity index (χ4n) is 0.930. The third-order valence-corrected chi connectivity index (χ3v) is 1.87. The molecule has 70 valence electrons. The molecule has 1 rings (SSSR count). The van der Waals surface area contributed by atoms with Crippen LogP contribution in [-0.4, -0.2) is 29.3 Å². The molecule has 0 aromatic rings. The number of aliphatic carboxylic acids is 1. The van der Waals surface area contributed by atoms with Crippen LogP contribution in [0.25, 0.3) is 0 Å². The van der Waals surface area contributed by atoms with Gasteiger partial charge in [0.2, 0.25) is 0 Å². The average Bonchev–Trinajstić information content (AvgIpc) is 2.60. The van der Waals surface area contributed by atoms with E-state index in [4.69, 9.17) is 5.11 Å². The van der Waals surface area contributed by atoms with Gasteiger partial charge in [-0.1, -0.05) is 0 Å². The maximum Gasteiger partial charge on any atom is 0.406 e. The number of carboxylic acid groups (broad SMARTS) is 1. The summed E-state index contributed by atoms with van der Waals surface area (Å²) in [5.41, 5.74) is -1.91. The predicted octanol–water partition coefficient (Wildman–Crippen LogP) is 0.755. The standard InChI is InChI=1S/C6H8F3NO2/c7-6(8,9)5(1-2-5)10-3-4(11)12/h10H,1-3H2,(H,11,12). The fourth-order valence-corrected chi connectivity index (χ4v) is 0.930. The summed E-state index contributed by atoms with van der Waals surface area (Å²) < 4.78 is 36.3. The molecule has 1 fully saturated rings. The molecular formula is C6H8F3NO2. The number of hydrogen-bond acceptors (Lipinski definition) is 2. The van der Waals surface area contributed by atoms with Crippen molar-refractivity contribution < 1.29 is 23.1 Å². The van der Waals surface area contributed by atoms with Gasteiger partial charge in [-0.2, -0.15) is 13.2 Å². The van der Waals surface area contributed by atoms with Crippen LogP contribution in [-0.2, 0) is 4.79 Å². The molecule has 0 unspecified atom stereocenters. The predicted molar refractivity (Wildman–Crippen MR) is 33.7 cm³/mol. The van der Waals surface area contributed by atoms with Crippen molar-refractivity contribution in [2.45, 2.75) is 24.6 Å². The van der Waals surface area contributed by atoms with Crippen LogP contribution in [0.15, 0.2) is 0 Å². The minimum absolute atomic E-state index is 0.0240. The zero-order valence-electron chi connectivity index (χ0n) is 6.11. The second kappa shape index (κ2) is 2.62. The fraction of sp³-hybridized carbons (Fsp3) is 0.833. The highest BCUT2D eigenvalue weighted by atomic mass is 19.4. The van der Waals surface area contributed by atoms with Crippen LogP contribution < -0.4 is 5.32 Å². The van der Waals surface area contributed by atoms with Crippen molar-refractivity contribution >= 4 is 5.97 Å². The minimum Gasteiger partial charge on any atom is -0.480 e. The second-order valence-corrected chi connectivity index (χ2v) is 2.83. The SMILES string of the molecule is O=C(O)CNC1(C(F)(F)F)CC1. The second-order valence-electron chi connectivity index (χ2n) is 2.83. The molecule has 0 amide bonds. The first-order valence-corrected chi connectivity index (χ1v) is 3.41. The molecule has 1 aliphatic carbocycles. The van der Waals surface area contributed by atoms with Crippen LogP contribution in [0.3, 0.4) is 0 Å². The van der Waals surface area contributed by atoms with Crippen molar-refractivity contribution in [3.63, 3.8) is 0 Å². The number of halogens is 3. The van der Waals surface area contributed by atoms with Gasteiger partial charge >= 0.3 is 12.1 Å². The maximum atomic E-state index is 12.1. The highest BCUT2D eigenvalue weighted by Crippen LogP contribution is 2.48. The van der Waals surface area contributed by atoms with Gasteiger partial charge in [-0.05, 0) is 12.8 Å². The van der Waals surface area contributed by atoms with Crippen LogP contribution >= 0.6 is 0 Å². The van der Waals surface area contributed by atoms with Crippen molar-refractivity contribution in [1.29, 1.82) is 0 Å². The lowest BCUT2D eigenvalue weighted by molar-refractivity contribution is -0.167. The molecule has 1 aliphatic rings. The molecule has 3 nitrogen and oxygen atoms in total. The topological polar surface area (TPSA) is 49.3 Å². The monoisotopic (exact) mass is 183 g/mol. The van der Waals surface area contributed by atoms with Crippen molar-refractivity contribution in [1.82, 2.24) is 5.32 Å². The Labute approximate surface area is 66.6 Å². The minimum atomic E-state index is -4.33. The summed E-state index contributed by atoms with van der Waals surface area (Å²) in [6.07, 6.45) is -4.38. The van der Waals surface area contributed by atoms with Crippen molar-refractivity contribution in [2.75, 3.05) is 6.54 Å². The molecule has 0 atom stereocenters. The number of alkyl halides is 3. The zero-order chi connectivity index (χ0) is 9.41. The zero-order valence-corrected chi connectivity index (χ0v) is 6.11. The van der Waals surface area contributed by atoms with Gasteiger partial charge in [0.25, 0.3) is 0 Å². The third-order valence-electron chi connectivity index (χ3n) is 1.87. The first-order valence-electron chi connectivity index (χ1n) is 3.41.